The first kappa shape index (κ1) is 15.2. The molecule has 1 rings (SSSR count). The molecular weight excluding hydrogens is 250 g/mol. The molecule has 6 heteroatoms. The Hall–Kier alpha value is -0.780. The number of nitrogens with two attached hydrogens (primary N) is 1. The summed E-state index contributed by atoms with van der Waals surface area (Å²) >= 11 is 0. The van der Waals surface area contributed by atoms with E-state index in [1.165, 1.54) is 18.4 Å². The Morgan fingerprint density at radius 3 is 2.25 bits per heavy atom. The van der Waals surface area contributed by atoms with E-state index < -0.39 is 9.84 Å². The summed E-state index contributed by atoms with van der Waals surface area (Å²) in [5.74, 6) is 0.663. The number of hydrogen-bond acceptors (Lipinski definition) is 4. The number of hydrogen-bond donors (Lipinski definition) is 1. The third kappa shape index (κ3) is 4.83. The van der Waals surface area contributed by atoms with Crippen molar-refractivity contribution in [3.8, 4) is 5.75 Å². The monoisotopic (exact) mass is 265 g/mol. The third-order valence-corrected chi connectivity index (χ3v) is 3.00. The van der Waals surface area contributed by atoms with E-state index in [2.05, 4.69) is 0 Å². The van der Waals surface area contributed by atoms with Crippen LogP contribution in [-0.2, 0) is 9.84 Å². The summed E-state index contributed by atoms with van der Waals surface area (Å²) in [6.07, 6.45) is 1.96. The van der Waals surface area contributed by atoms with Gasteiger partial charge in [0.1, 0.15) is 5.75 Å². The zero-order valence-electron chi connectivity index (χ0n) is 9.05. The van der Waals surface area contributed by atoms with Crippen molar-refractivity contribution in [2.24, 2.45) is 5.73 Å². The van der Waals surface area contributed by atoms with E-state index in [1.807, 2.05) is 0 Å². The minimum atomic E-state index is -3.12. The third-order valence-electron chi connectivity index (χ3n) is 1.87. The van der Waals surface area contributed by atoms with Gasteiger partial charge in [-0.3, -0.25) is 0 Å². The molecule has 0 aliphatic rings. The lowest BCUT2D eigenvalue weighted by molar-refractivity contribution is 0.313. The Kier molecular flexibility index (Phi) is 6.40. The predicted octanol–water partition coefficient (Wildman–Crippen LogP) is 1.24. The van der Waals surface area contributed by atoms with E-state index in [0.717, 1.165) is 6.42 Å². The fourth-order valence-electron chi connectivity index (χ4n) is 1.06. The summed E-state index contributed by atoms with van der Waals surface area (Å²) < 4.78 is 27.6. The van der Waals surface area contributed by atoms with Gasteiger partial charge in [-0.05, 0) is 37.2 Å². The summed E-state index contributed by atoms with van der Waals surface area (Å²) in [6.45, 7) is 1.14. The minimum Gasteiger partial charge on any atom is -0.494 e. The van der Waals surface area contributed by atoms with Crippen LogP contribution in [0.25, 0.3) is 0 Å². The van der Waals surface area contributed by atoms with Crippen LogP contribution < -0.4 is 10.5 Å². The molecular formula is C10H16ClNO3S. The molecule has 16 heavy (non-hydrogen) atoms. The van der Waals surface area contributed by atoms with Gasteiger partial charge in [0.2, 0.25) is 0 Å². The highest BCUT2D eigenvalue weighted by molar-refractivity contribution is 7.90. The van der Waals surface area contributed by atoms with Crippen LogP contribution in [0.2, 0.25) is 0 Å². The largest absolute Gasteiger partial charge is 0.494 e. The number of ether oxygens (including phenoxy) is 1. The Bertz CT molecular complexity index is 403. The maximum Gasteiger partial charge on any atom is 0.175 e. The van der Waals surface area contributed by atoms with Gasteiger partial charge in [-0.2, -0.15) is 0 Å². The topological polar surface area (TPSA) is 69.4 Å². The van der Waals surface area contributed by atoms with Gasteiger partial charge >= 0.3 is 0 Å². The van der Waals surface area contributed by atoms with Crippen molar-refractivity contribution in [2.45, 2.75) is 11.3 Å². The van der Waals surface area contributed by atoms with E-state index in [0.29, 0.717) is 23.8 Å². The molecule has 0 aliphatic heterocycles. The van der Waals surface area contributed by atoms with Crippen molar-refractivity contribution in [2.75, 3.05) is 19.4 Å². The quantitative estimate of drug-likeness (QED) is 0.814. The Morgan fingerprint density at radius 1 is 1.25 bits per heavy atom. The predicted molar refractivity (Wildman–Crippen MR) is 66.0 cm³/mol. The molecule has 0 fully saturated rings. The first-order chi connectivity index (χ1) is 7.04. The zero-order chi connectivity index (χ0) is 11.3. The van der Waals surface area contributed by atoms with Crippen molar-refractivity contribution < 1.29 is 13.2 Å². The van der Waals surface area contributed by atoms with Crippen LogP contribution in [0.1, 0.15) is 6.42 Å². The molecule has 0 aliphatic carbocycles. The minimum absolute atomic E-state index is 0. The molecule has 0 aromatic heterocycles. The van der Waals surface area contributed by atoms with Gasteiger partial charge in [0.15, 0.2) is 9.84 Å². The van der Waals surface area contributed by atoms with E-state index in [9.17, 15) is 8.42 Å². The van der Waals surface area contributed by atoms with E-state index in [4.69, 9.17) is 10.5 Å². The lowest BCUT2D eigenvalue weighted by atomic mass is 10.3. The molecule has 1 aromatic carbocycles. The first-order valence-electron chi connectivity index (χ1n) is 4.67. The second-order valence-corrected chi connectivity index (χ2v) is 5.25. The van der Waals surface area contributed by atoms with E-state index in [1.54, 1.807) is 12.1 Å². The maximum absolute atomic E-state index is 11.1. The second-order valence-electron chi connectivity index (χ2n) is 3.23. The summed E-state index contributed by atoms with van der Waals surface area (Å²) in [5.41, 5.74) is 5.31. The van der Waals surface area contributed by atoms with E-state index >= 15 is 0 Å². The molecule has 0 unspecified atom stereocenters. The van der Waals surface area contributed by atoms with Crippen LogP contribution >= 0.6 is 12.4 Å². The van der Waals surface area contributed by atoms with Crippen LogP contribution in [0.15, 0.2) is 29.2 Å². The molecule has 0 saturated carbocycles. The first-order valence-corrected chi connectivity index (χ1v) is 6.56. The number of benzene rings is 1. The average molecular weight is 266 g/mol. The average Bonchev–Trinajstić information content (AvgIpc) is 2.18. The second kappa shape index (κ2) is 6.73. The van der Waals surface area contributed by atoms with Crippen molar-refractivity contribution in [3.05, 3.63) is 24.3 Å². The molecule has 0 spiro atoms. The van der Waals surface area contributed by atoms with Gasteiger partial charge in [0.25, 0.3) is 0 Å². The van der Waals surface area contributed by atoms with Gasteiger partial charge in [0, 0.05) is 6.26 Å². The molecule has 0 heterocycles. The normalized spacial score (nSPS) is 10.6. The summed E-state index contributed by atoms with van der Waals surface area (Å²) in [5, 5.41) is 0. The van der Waals surface area contributed by atoms with Gasteiger partial charge in [-0.25, -0.2) is 8.42 Å². The van der Waals surface area contributed by atoms with Crippen molar-refractivity contribution in [1.29, 1.82) is 0 Å². The standard InChI is InChI=1S/C10H15NO3S.ClH/c1-15(12,13)10-5-3-9(4-6-10)14-8-2-7-11;/h3-6H,2,7-8,11H2,1H3;1H. The molecule has 0 bridgehead atoms. The molecule has 92 valence electrons. The van der Waals surface area contributed by atoms with Crippen LogP contribution in [0.5, 0.6) is 5.75 Å². The van der Waals surface area contributed by atoms with Crippen molar-refractivity contribution in [1.82, 2.24) is 0 Å². The van der Waals surface area contributed by atoms with Gasteiger partial charge in [0.05, 0.1) is 11.5 Å². The smallest absolute Gasteiger partial charge is 0.175 e. The molecule has 0 radical (unpaired) electrons. The number of sulfone groups is 1. The molecule has 2 N–H and O–H groups in total. The van der Waals surface area contributed by atoms with Crippen molar-refractivity contribution in [3.63, 3.8) is 0 Å². The summed E-state index contributed by atoms with van der Waals surface area (Å²) in [7, 11) is -3.12. The molecule has 0 saturated heterocycles. The van der Waals surface area contributed by atoms with E-state index in [-0.39, 0.29) is 12.4 Å². The van der Waals surface area contributed by atoms with Crippen LogP contribution in [0.4, 0.5) is 0 Å². The van der Waals surface area contributed by atoms with Crippen LogP contribution in [-0.4, -0.2) is 27.8 Å². The Morgan fingerprint density at radius 2 is 1.81 bits per heavy atom. The Balaban J connectivity index is 0.00000225. The summed E-state index contributed by atoms with van der Waals surface area (Å²) in [4.78, 5) is 0.300. The van der Waals surface area contributed by atoms with Crippen molar-refractivity contribution >= 4 is 22.2 Å². The van der Waals surface area contributed by atoms with Crippen LogP contribution in [0, 0.1) is 0 Å². The molecule has 0 atom stereocenters. The fourth-order valence-corrected chi connectivity index (χ4v) is 1.69. The lowest BCUT2D eigenvalue weighted by Gasteiger charge is -2.05. The van der Waals surface area contributed by atoms with Crippen LogP contribution in [0.3, 0.4) is 0 Å². The molecule has 0 amide bonds. The van der Waals surface area contributed by atoms with Gasteiger partial charge in [-0.15, -0.1) is 12.4 Å². The van der Waals surface area contributed by atoms with Gasteiger partial charge in [-0.1, -0.05) is 0 Å². The SMILES string of the molecule is CS(=O)(=O)c1ccc(OCCCN)cc1.Cl. The maximum atomic E-state index is 11.1. The fraction of sp³-hybridized carbons (Fsp3) is 0.400. The number of rotatable bonds is 5. The Labute approximate surface area is 102 Å². The molecule has 1 aromatic rings. The highest BCUT2D eigenvalue weighted by atomic mass is 35.5. The highest BCUT2D eigenvalue weighted by Gasteiger charge is 2.05. The van der Waals surface area contributed by atoms with Gasteiger partial charge < -0.3 is 10.5 Å². The highest BCUT2D eigenvalue weighted by Crippen LogP contribution is 2.15. The number of halogens is 1. The zero-order valence-corrected chi connectivity index (χ0v) is 10.7. The summed E-state index contributed by atoms with van der Waals surface area (Å²) in [6, 6.07) is 6.36. The molecule has 4 nitrogen and oxygen atoms in total. The lowest BCUT2D eigenvalue weighted by Crippen LogP contribution is -2.06.